The molecule has 0 radical (unpaired) electrons. The molecule has 2 aromatic rings. The molecule has 0 unspecified atom stereocenters. The van der Waals surface area contributed by atoms with Crippen LogP contribution < -0.4 is 10.0 Å². The molecule has 9 heteroatoms. The van der Waals surface area contributed by atoms with Crippen molar-refractivity contribution in [2.45, 2.75) is 30.3 Å². The molecule has 108 valence electrons. The van der Waals surface area contributed by atoms with E-state index in [1.165, 1.54) is 36.6 Å². The lowest BCUT2D eigenvalue weighted by atomic mass is 10.6. The molecule has 1 aliphatic carbocycles. The molecule has 1 fully saturated rings. The van der Waals surface area contributed by atoms with Crippen LogP contribution >= 0.6 is 11.3 Å². The average Bonchev–Trinajstić information content (AvgIpc) is 2.90. The zero-order valence-electron chi connectivity index (χ0n) is 10.7. The van der Waals surface area contributed by atoms with Gasteiger partial charge in [0.05, 0.1) is 12.7 Å². The lowest BCUT2D eigenvalue weighted by Gasteiger charge is -2.03. The largest absolute Gasteiger partial charge is 0.312 e. The lowest BCUT2D eigenvalue weighted by molar-refractivity contribution is 0.552. The highest BCUT2D eigenvalue weighted by molar-refractivity contribution is 7.93. The van der Waals surface area contributed by atoms with Crippen LogP contribution in [0, 0.1) is 0 Å². The van der Waals surface area contributed by atoms with Crippen LogP contribution in [0.2, 0.25) is 0 Å². The molecule has 7 nitrogen and oxygen atoms in total. The third kappa shape index (κ3) is 3.35. The molecule has 0 atom stereocenters. The first-order chi connectivity index (χ1) is 9.63. The van der Waals surface area contributed by atoms with Gasteiger partial charge in [0, 0.05) is 30.4 Å². The zero-order chi connectivity index (χ0) is 14.0. The van der Waals surface area contributed by atoms with Gasteiger partial charge in [-0.1, -0.05) is 0 Å². The summed E-state index contributed by atoms with van der Waals surface area (Å²) < 4.78 is 28.2. The summed E-state index contributed by atoms with van der Waals surface area (Å²) in [5.41, 5.74) is 0. The number of rotatable bonds is 7. The second kappa shape index (κ2) is 5.51. The number of aromatic nitrogens is 3. The molecule has 0 spiro atoms. The number of sulfonamides is 1. The highest BCUT2D eigenvalue weighted by atomic mass is 32.2. The Morgan fingerprint density at radius 1 is 1.45 bits per heavy atom. The first-order valence-corrected chi connectivity index (χ1v) is 8.68. The molecule has 3 rings (SSSR count). The van der Waals surface area contributed by atoms with Crippen LogP contribution in [0.3, 0.4) is 0 Å². The molecule has 20 heavy (non-hydrogen) atoms. The van der Waals surface area contributed by atoms with Crippen molar-refractivity contribution in [3.05, 3.63) is 24.0 Å². The number of nitrogens with one attached hydrogen (secondary N) is 2. The van der Waals surface area contributed by atoms with Gasteiger partial charge in [0.1, 0.15) is 4.90 Å². The van der Waals surface area contributed by atoms with Crippen molar-refractivity contribution in [1.82, 2.24) is 20.1 Å². The maximum absolute atomic E-state index is 12.1. The molecule has 0 aromatic carbocycles. The number of nitrogens with zero attached hydrogens (tertiary/aromatic N) is 3. The summed E-state index contributed by atoms with van der Waals surface area (Å²) in [5.74, 6) is 0. The molecule has 2 N–H and O–H groups in total. The Morgan fingerprint density at radius 3 is 3.00 bits per heavy atom. The minimum absolute atomic E-state index is 0.152. The molecule has 2 aromatic heterocycles. The summed E-state index contributed by atoms with van der Waals surface area (Å²) in [7, 11) is -3.60. The van der Waals surface area contributed by atoms with Crippen molar-refractivity contribution < 1.29 is 8.42 Å². The second-order valence-electron chi connectivity index (χ2n) is 4.61. The van der Waals surface area contributed by atoms with Gasteiger partial charge in [-0.2, -0.15) is 5.10 Å². The van der Waals surface area contributed by atoms with Crippen molar-refractivity contribution in [3.63, 3.8) is 0 Å². The molecular weight excluding hydrogens is 298 g/mol. The molecule has 0 saturated heterocycles. The fourth-order valence-electron chi connectivity index (χ4n) is 1.72. The number of thiazole rings is 1. The fourth-order valence-corrected chi connectivity index (χ4v) is 3.46. The van der Waals surface area contributed by atoms with Crippen molar-refractivity contribution in [2.24, 2.45) is 0 Å². The maximum Gasteiger partial charge on any atom is 0.266 e. The zero-order valence-corrected chi connectivity index (χ0v) is 12.3. The normalized spacial score (nSPS) is 15.4. The molecule has 2 heterocycles. The molecule has 1 saturated carbocycles. The van der Waals surface area contributed by atoms with E-state index in [2.05, 4.69) is 20.1 Å². The third-order valence-electron chi connectivity index (χ3n) is 2.93. The Bertz CT molecular complexity index is 661. The monoisotopic (exact) mass is 313 g/mol. The fraction of sp³-hybridized carbons (Fsp3) is 0.455. The van der Waals surface area contributed by atoms with Gasteiger partial charge in [-0.3, -0.25) is 9.40 Å². The van der Waals surface area contributed by atoms with Crippen molar-refractivity contribution in [2.75, 3.05) is 11.3 Å². The minimum atomic E-state index is -3.60. The minimum Gasteiger partial charge on any atom is -0.312 e. The first-order valence-electron chi connectivity index (χ1n) is 6.32. The van der Waals surface area contributed by atoms with E-state index in [-0.39, 0.29) is 4.90 Å². The molecule has 1 aliphatic rings. The van der Waals surface area contributed by atoms with Gasteiger partial charge in [-0.25, -0.2) is 13.4 Å². The van der Waals surface area contributed by atoms with E-state index in [1.54, 1.807) is 16.3 Å². The van der Waals surface area contributed by atoms with Gasteiger partial charge in [0.25, 0.3) is 10.0 Å². The van der Waals surface area contributed by atoms with Crippen molar-refractivity contribution >= 4 is 26.5 Å². The van der Waals surface area contributed by atoms with Gasteiger partial charge >= 0.3 is 0 Å². The summed E-state index contributed by atoms with van der Waals surface area (Å²) in [4.78, 5) is 4.05. The predicted molar refractivity (Wildman–Crippen MR) is 76.2 cm³/mol. The summed E-state index contributed by atoms with van der Waals surface area (Å²) in [6.45, 7) is 1.45. The van der Waals surface area contributed by atoms with Crippen LogP contribution in [0.25, 0.3) is 0 Å². The van der Waals surface area contributed by atoms with Crippen molar-refractivity contribution in [3.8, 4) is 0 Å². The smallest absolute Gasteiger partial charge is 0.266 e. The molecule has 0 bridgehead atoms. The summed E-state index contributed by atoms with van der Waals surface area (Å²) in [5, 5.41) is 9.49. The van der Waals surface area contributed by atoms with E-state index in [0.29, 0.717) is 17.7 Å². The third-order valence-corrected chi connectivity index (χ3v) is 5.04. The van der Waals surface area contributed by atoms with E-state index in [4.69, 9.17) is 0 Å². The van der Waals surface area contributed by atoms with Gasteiger partial charge < -0.3 is 5.32 Å². The van der Waals surface area contributed by atoms with Crippen molar-refractivity contribution in [1.29, 1.82) is 0 Å². The van der Waals surface area contributed by atoms with Gasteiger partial charge in [-0.05, 0) is 12.8 Å². The number of hydrogen-bond donors (Lipinski definition) is 2. The van der Waals surface area contributed by atoms with Crippen LogP contribution in [-0.4, -0.2) is 35.8 Å². The Morgan fingerprint density at radius 2 is 2.30 bits per heavy atom. The Hall–Kier alpha value is -1.45. The quantitative estimate of drug-likeness (QED) is 0.792. The first kappa shape index (κ1) is 13.5. The van der Waals surface area contributed by atoms with Crippen LogP contribution in [0.4, 0.5) is 5.13 Å². The van der Waals surface area contributed by atoms with E-state index >= 15 is 0 Å². The Kier molecular flexibility index (Phi) is 3.72. The average molecular weight is 313 g/mol. The van der Waals surface area contributed by atoms with E-state index in [1.807, 2.05) is 0 Å². The standard InChI is InChI=1S/C11H15N5O2S2/c17-20(18,15-11-13-4-6-19-11)10-7-14-16(8-10)5-3-12-9-1-2-9/h4,6-9,12H,1-3,5H2,(H,13,15). The number of anilines is 1. The predicted octanol–water partition coefficient (Wildman–Crippen LogP) is 0.892. The SMILES string of the molecule is O=S(=O)(Nc1nccs1)c1cnn(CCNC2CC2)c1. The van der Waals surface area contributed by atoms with E-state index < -0.39 is 10.0 Å². The Labute approximate surface area is 121 Å². The summed E-state index contributed by atoms with van der Waals surface area (Å²) in [6, 6.07) is 0.639. The molecule has 0 amide bonds. The Balaban J connectivity index is 1.62. The highest BCUT2D eigenvalue weighted by Gasteiger charge is 2.20. The molecular formula is C11H15N5O2S2. The molecule has 0 aliphatic heterocycles. The van der Waals surface area contributed by atoms with Gasteiger partial charge in [-0.15, -0.1) is 11.3 Å². The summed E-state index contributed by atoms with van der Waals surface area (Å²) >= 11 is 1.24. The highest BCUT2D eigenvalue weighted by Crippen LogP contribution is 2.18. The van der Waals surface area contributed by atoms with Gasteiger partial charge in [0.15, 0.2) is 5.13 Å². The van der Waals surface area contributed by atoms with Crippen LogP contribution in [0.5, 0.6) is 0 Å². The topological polar surface area (TPSA) is 88.9 Å². The lowest BCUT2D eigenvalue weighted by Crippen LogP contribution is -2.22. The van der Waals surface area contributed by atoms with Crippen LogP contribution in [0.1, 0.15) is 12.8 Å². The second-order valence-corrected chi connectivity index (χ2v) is 7.19. The number of hydrogen-bond acceptors (Lipinski definition) is 6. The van der Waals surface area contributed by atoms with Crippen LogP contribution in [0.15, 0.2) is 28.9 Å². The van der Waals surface area contributed by atoms with Crippen LogP contribution in [-0.2, 0) is 16.6 Å². The maximum atomic E-state index is 12.1. The van der Waals surface area contributed by atoms with E-state index in [9.17, 15) is 8.42 Å². The summed E-state index contributed by atoms with van der Waals surface area (Å²) in [6.07, 6.45) is 6.90. The van der Waals surface area contributed by atoms with Gasteiger partial charge in [0.2, 0.25) is 0 Å². The van der Waals surface area contributed by atoms with E-state index in [0.717, 1.165) is 6.54 Å².